The molecule has 1 aromatic heterocycles. The normalized spacial score (nSPS) is 18.0. The van der Waals surface area contributed by atoms with E-state index in [1.165, 1.54) is 22.0 Å². The van der Waals surface area contributed by atoms with Gasteiger partial charge in [0, 0.05) is 43.8 Å². The smallest absolute Gasteiger partial charge is 0.310 e. The number of hydrogen-bond acceptors (Lipinski definition) is 3. The van der Waals surface area contributed by atoms with Gasteiger partial charge in [0.2, 0.25) is 0 Å². The predicted molar refractivity (Wildman–Crippen MR) is 109 cm³/mol. The number of aromatic nitrogens is 1. The minimum Gasteiger partial charge on any atom is -0.466 e. The van der Waals surface area contributed by atoms with Gasteiger partial charge in [-0.3, -0.25) is 9.79 Å². The number of carbonyl (C=O) groups excluding carboxylic acids is 1. The van der Waals surface area contributed by atoms with Crippen LogP contribution in [0.3, 0.4) is 0 Å². The van der Waals surface area contributed by atoms with E-state index in [0.717, 1.165) is 38.3 Å². The number of piperidine rings is 1. The van der Waals surface area contributed by atoms with E-state index >= 15 is 0 Å². The molecule has 2 heterocycles. The fraction of sp³-hybridized carbons (Fsp3) is 0.524. The number of carbonyl (C=O) groups is 1. The van der Waals surface area contributed by atoms with E-state index in [9.17, 15) is 4.79 Å². The fourth-order valence-electron chi connectivity index (χ4n) is 3.77. The number of rotatable bonds is 5. The summed E-state index contributed by atoms with van der Waals surface area (Å²) in [6, 6.07) is 6.50. The molecule has 1 aliphatic heterocycles. The predicted octanol–water partition coefficient (Wildman–Crippen LogP) is 2.87. The van der Waals surface area contributed by atoms with E-state index in [0.29, 0.717) is 13.2 Å². The molecule has 1 saturated heterocycles. The van der Waals surface area contributed by atoms with E-state index in [1.807, 2.05) is 6.92 Å². The van der Waals surface area contributed by atoms with Crippen LogP contribution < -0.4 is 5.32 Å². The number of nitrogens with one attached hydrogen (secondary N) is 2. The topological polar surface area (TPSA) is 69.7 Å². The summed E-state index contributed by atoms with van der Waals surface area (Å²) in [5.74, 6) is 0.709. The zero-order chi connectivity index (χ0) is 19.2. The molecular weight excluding hydrogens is 340 g/mol. The largest absolute Gasteiger partial charge is 0.466 e. The van der Waals surface area contributed by atoms with Crippen molar-refractivity contribution < 1.29 is 9.53 Å². The molecule has 1 unspecified atom stereocenters. The van der Waals surface area contributed by atoms with Gasteiger partial charge >= 0.3 is 5.97 Å². The lowest BCUT2D eigenvalue weighted by Crippen LogP contribution is -2.48. The van der Waals surface area contributed by atoms with Gasteiger partial charge in [0.05, 0.1) is 12.5 Å². The van der Waals surface area contributed by atoms with Crippen LogP contribution in [-0.4, -0.2) is 55.1 Å². The van der Waals surface area contributed by atoms with E-state index in [2.05, 4.69) is 51.5 Å². The molecular formula is C21H30N4O2. The Bertz CT molecular complexity index is 812. The van der Waals surface area contributed by atoms with Crippen LogP contribution in [-0.2, 0) is 16.0 Å². The Morgan fingerprint density at radius 1 is 1.44 bits per heavy atom. The highest BCUT2D eigenvalue weighted by Crippen LogP contribution is 2.20. The SMILES string of the molecule is CCOC(=O)C1CCCN(C(=NC)NCCc2c[nH]c3cc(C)ccc23)C1. The molecule has 0 aliphatic carbocycles. The molecule has 0 spiro atoms. The molecule has 1 fully saturated rings. The summed E-state index contributed by atoms with van der Waals surface area (Å²) in [7, 11) is 1.80. The highest BCUT2D eigenvalue weighted by molar-refractivity contribution is 5.84. The minimum atomic E-state index is -0.0910. The Balaban J connectivity index is 1.56. The Morgan fingerprint density at radius 3 is 3.07 bits per heavy atom. The second kappa shape index (κ2) is 8.93. The Hall–Kier alpha value is -2.50. The van der Waals surface area contributed by atoms with Crippen LogP contribution in [0.25, 0.3) is 10.9 Å². The standard InChI is InChI=1S/C21H30N4O2/c1-4-27-20(26)17-6-5-11-25(14-17)21(22-3)23-10-9-16-13-24-19-12-15(2)7-8-18(16)19/h7-8,12-13,17,24H,4-6,9-11,14H2,1-3H3,(H,22,23). The van der Waals surface area contributed by atoms with Crippen LogP contribution in [0.2, 0.25) is 0 Å². The third-order valence-corrected chi connectivity index (χ3v) is 5.15. The summed E-state index contributed by atoms with van der Waals surface area (Å²) in [6.07, 6.45) is 4.87. The third kappa shape index (κ3) is 4.62. The van der Waals surface area contributed by atoms with E-state index in [1.54, 1.807) is 7.05 Å². The van der Waals surface area contributed by atoms with E-state index in [4.69, 9.17) is 4.74 Å². The van der Waals surface area contributed by atoms with Crippen molar-refractivity contribution in [2.24, 2.45) is 10.9 Å². The van der Waals surface area contributed by atoms with Crippen LogP contribution in [0.15, 0.2) is 29.4 Å². The van der Waals surface area contributed by atoms with Crippen LogP contribution in [0.1, 0.15) is 30.9 Å². The van der Waals surface area contributed by atoms with E-state index < -0.39 is 0 Å². The van der Waals surface area contributed by atoms with Crippen molar-refractivity contribution >= 4 is 22.8 Å². The van der Waals surface area contributed by atoms with Crippen LogP contribution in [0.4, 0.5) is 0 Å². The molecule has 6 nitrogen and oxygen atoms in total. The summed E-state index contributed by atoms with van der Waals surface area (Å²) in [5, 5.41) is 4.73. The first-order valence-electron chi connectivity index (χ1n) is 9.81. The van der Waals surface area contributed by atoms with Crippen molar-refractivity contribution in [1.29, 1.82) is 0 Å². The minimum absolute atomic E-state index is 0.0610. The number of aromatic amines is 1. The Labute approximate surface area is 161 Å². The second-order valence-corrected chi connectivity index (χ2v) is 7.12. The maximum absolute atomic E-state index is 12.1. The highest BCUT2D eigenvalue weighted by atomic mass is 16.5. The lowest BCUT2D eigenvalue weighted by molar-refractivity contribution is -0.149. The number of ether oxygens (including phenoxy) is 1. The molecule has 0 saturated carbocycles. The third-order valence-electron chi connectivity index (χ3n) is 5.15. The highest BCUT2D eigenvalue weighted by Gasteiger charge is 2.28. The number of aliphatic imine (C=N–C) groups is 1. The molecule has 2 aromatic rings. The lowest BCUT2D eigenvalue weighted by atomic mass is 9.98. The number of hydrogen-bond donors (Lipinski definition) is 2. The van der Waals surface area contributed by atoms with Gasteiger partial charge < -0.3 is 19.9 Å². The van der Waals surface area contributed by atoms with Gasteiger partial charge in [0.25, 0.3) is 0 Å². The van der Waals surface area contributed by atoms with E-state index in [-0.39, 0.29) is 11.9 Å². The number of guanidine groups is 1. The van der Waals surface area contributed by atoms with Gasteiger partial charge in [-0.05, 0) is 50.3 Å². The molecule has 1 atom stereocenters. The summed E-state index contributed by atoms with van der Waals surface area (Å²) < 4.78 is 5.19. The molecule has 0 amide bonds. The van der Waals surface area contributed by atoms with Gasteiger partial charge in [-0.2, -0.15) is 0 Å². The van der Waals surface area contributed by atoms with Crippen molar-refractivity contribution in [2.75, 3.05) is 33.3 Å². The van der Waals surface area contributed by atoms with Crippen LogP contribution >= 0.6 is 0 Å². The molecule has 0 bridgehead atoms. The van der Waals surface area contributed by atoms with Gasteiger partial charge in [-0.1, -0.05) is 12.1 Å². The lowest BCUT2D eigenvalue weighted by Gasteiger charge is -2.33. The molecule has 27 heavy (non-hydrogen) atoms. The van der Waals surface area contributed by atoms with Crippen LogP contribution in [0, 0.1) is 12.8 Å². The van der Waals surface area contributed by atoms with Crippen molar-refractivity contribution in [3.05, 3.63) is 35.5 Å². The molecule has 2 N–H and O–H groups in total. The molecule has 146 valence electrons. The average Bonchev–Trinajstić information content (AvgIpc) is 3.07. The summed E-state index contributed by atoms with van der Waals surface area (Å²) in [5.41, 5.74) is 3.74. The number of likely N-dealkylation sites (tertiary alicyclic amines) is 1. The van der Waals surface area contributed by atoms with Crippen LogP contribution in [0.5, 0.6) is 0 Å². The number of aryl methyl sites for hydroxylation is 1. The molecule has 1 aromatic carbocycles. The van der Waals surface area contributed by atoms with Gasteiger partial charge in [-0.25, -0.2) is 0 Å². The Morgan fingerprint density at radius 2 is 2.30 bits per heavy atom. The van der Waals surface area contributed by atoms with Gasteiger partial charge in [-0.15, -0.1) is 0 Å². The van der Waals surface area contributed by atoms with Crippen molar-refractivity contribution in [3.8, 4) is 0 Å². The zero-order valence-electron chi connectivity index (χ0n) is 16.5. The second-order valence-electron chi connectivity index (χ2n) is 7.12. The Kier molecular flexibility index (Phi) is 6.37. The first-order valence-corrected chi connectivity index (χ1v) is 9.81. The maximum atomic E-state index is 12.1. The first-order chi connectivity index (χ1) is 13.1. The van der Waals surface area contributed by atoms with Crippen molar-refractivity contribution in [2.45, 2.75) is 33.1 Å². The fourth-order valence-corrected chi connectivity index (χ4v) is 3.77. The number of H-pyrrole nitrogens is 1. The molecule has 1 aliphatic rings. The number of nitrogens with zero attached hydrogens (tertiary/aromatic N) is 2. The number of benzene rings is 1. The quantitative estimate of drug-likeness (QED) is 0.482. The summed E-state index contributed by atoms with van der Waals surface area (Å²) >= 11 is 0. The summed E-state index contributed by atoms with van der Waals surface area (Å²) in [4.78, 5) is 22.0. The molecule has 0 radical (unpaired) electrons. The number of esters is 1. The molecule has 3 rings (SSSR count). The van der Waals surface area contributed by atoms with Gasteiger partial charge in [0.15, 0.2) is 5.96 Å². The molecule has 6 heteroatoms. The zero-order valence-corrected chi connectivity index (χ0v) is 16.5. The first kappa shape index (κ1) is 19.3. The summed E-state index contributed by atoms with van der Waals surface area (Å²) in [6.45, 7) is 6.78. The average molecular weight is 370 g/mol. The maximum Gasteiger partial charge on any atom is 0.310 e. The van der Waals surface area contributed by atoms with Crippen molar-refractivity contribution in [3.63, 3.8) is 0 Å². The van der Waals surface area contributed by atoms with Crippen molar-refractivity contribution in [1.82, 2.24) is 15.2 Å². The monoisotopic (exact) mass is 370 g/mol. The van der Waals surface area contributed by atoms with Gasteiger partial charge in [0.1, 0.15) is 0 Å². The number of fused-ring (bicyclic) bond motifs is 1.